The Bertz CT molecular complexity index is 1300. The number of hydrogen-bond donors (Lipinski definition) is 0. The molecule has 2 aromatic carbocycles. The van der Waals surface area contributed by atoms with E-state index in [2.05, 4.69) is 99.8 Å². The number of benzene rings is 2. The van der Waals surface area contributed by atoms with Crippen LogP contribution in [0.3, 0.4) is 0 Å². The Hall–Kier alpha value is -3.38. The molecule has 0 N–H and O–H groups in total. The average molecular weight is 457 g/mol. The highest BCUT2D eigenvalue weighted by molar-refractivity contribution is 5.83. The van der Waals surface area contributed by atoms with Crippen LogP contribution in [0.15, 0.2) is 132 Å². The quantitative estimate of drug-likeness (QED) is 0.364. The summed E-state index contributed by atoms with van der Waals surface area (Å²) in [5.41, 5.74) is 13.7. The standard InChI is InChI=1S/C35H36/c1-6-13-23(3)33-24(4)19-30-22-28(25(5)34(30)35(33)26-15-9-8-10-16-26)21-29-20-27(14-7-2)31-17-11-12-18-32(29)31/h7-12,15-21,27,34-35H,2-3,5-6,13-14,22H2,1,4H3. The molecule has 3 unspecified atom stereocenters. The summed E-state index contributed by atoms with van der Waals surface area (Å²) in [4.78, 5) is 0. The lowest BCUT2D eigenvalue weighted by atomic mass is 9.69. The molecule has 5 rings (SSSR count). The maximum Gasteiger partial charge on any atom is 0.0201 e. The summed E-state index contributed by atoms with van der Waals surface area (Å²) in [6, 6.07) is 19.8. The Kier molecular flexibility index (Phi) is 6.48. The predicted molar refractivity (Wildman–Crippen MR) is 151 cm³/mol. The van der Waals surface area contributed by atoms with Gasteiger partial charge in [-0.25, -0.2) is 0 Å². The zero-order valence-electron chi connectivity index (χ0n) is 21.2. The summed E-state index contributed by atoms with van der Waals surface area (Å²) < 4.78 is 0. The molecule has 35 heavy (non-hydrogen) atoms. The van der Waals surface area contributed by atoms with Gasteiger partial charge in [-0.3, -0.25) is 0 Å². The first-order valence-electron chi connectivity index (χ1n) is 13.0. The van der Waals surface area contributed by atoms with E-state index < -0.39 is 0 Å². The van der Waals surface area contributed by atoms with Crippen molar-refractivity contribution in [2.45, 2.75) is 51.4 Å². The summed E-state index contributed by atoms with van der Waals surface area (Å²) in [6.45, 7) is 17.7. The second-order valence-electron chi connectivity index (χ2n) is 10.2. The van der Waals surface area contributed by atoms with Crippen LogP contribution in [0.1, 0.15) is 68.1 Å². The normalized spacial score (nSPS) is 24.2. The van der Waals surface area contributed by atoms with Gasteiger partial charge in [0.15, 0.2) is 0 Å². The van der Waals surface area contributed by atoms with Crippen molar-refractivity contribution in [2.75, 3.05) is 0 Å². The van der Waals surface area contributed by atoms with Crippen LogP contribution >= 0.6 is 0 Å². The number of rotatable bonds is 7. The fraction of sp³-hybridized carbons (Fsp3) is 0.257. The van der Waals surface area contributed by atoms with Crippen LogP contribution in [-0.4, -0.2) is 0 Å². The molecule has 1 saturated carbocycles. The third kappa shape index (κ3) is 4.16. The van der Waals surface area contributed by atoms with Gasteiger partial charge in [0.1, 0.15) is 0 Å². The fourth-order valence-corrected chi connectivity index (χ4v) is 6.46. The van der Waals surface area contributed by atoms with Gasteiger partial charge in [-0.1, -0.05) is 117 Å². The topological polar surface area (TPSA) is 0 Å². The first-order chi connectivity index (χ1) is 17.0. The molecule has 176 valence electrons. The van der Waals surface area contributed by atoms with E-state index in [0.29, 0.717) is 11.8 Å². The maximum atomic E-state index is 4.71. The Morgan fingerprint density at radius 1 is 1.03 bits per heavy atom. The van der Waals surface area contributed by atoms with Crippen molar-refractivity contribution >= 4 is 5.57 Å². The number of allylic oxidation sites excluding steroid dienone is 11. The molecule has 0 heteroatoms. The van der Waals surface area contributed by atoms with Crippen molar-refractivity contribution in [3.05, 3.63) is 149 Å². The van der Waals surface area contributed by atoms with Gasteiger partial charge in [0.05, 0.1) is 0 Å². The molecule has 0 amide bonds. The van der Waals surface area contributed by atoms with Gasteiger partial charge < -0.3 is 0 Å². The zero-order chi connectivity index (χ0) is 24.5. The molecule has 0 aliphatic heterocycles. The second kappa shape index (κ2) is 9.70. The predicted octanol–water partition coefficient (Wildman–Crippen LogP) is 9.64. The van der Waals surface area contributed by atoms with E-state index >= 15 is 0 Å². The van der Waals surface area contributed by atoms with E-state index in [1.165, 1.54) is 55.7 Å². The summed E-state index contributed by atoms with van der Waals surface area (Å²) >= 11 is 0. The summed E-state index contributed by atoms with van der Waals surface area (Å²) in [5, 5.41) is 0. The van der Waals surface area contributed by atoms with Crippen LogP contribution in [0, 0.1) is 5.92 Å². The third-order valence-corrected chi connectivity index (χ3v) is 7.95. The van der Waals surface area contributed by atoms with Crippen molar-refractivity contribution in [2.24, 2.45) is 5.92 Å². The number of fused-ring (bicyclic) bond motifs is 2. The Morgan fingerprint density at radius 2 is 1.77 bits per heavy atom. The molecular weight excluding hydrogens is 420 g/mol. The highest BCUT2D eigenvalue weighted by Crippen LogP contribution is 2.55. The Labute approximate surface area is 211 Å². The van der Waals surface area contributed by atoms with Gasteiger partial charge in [-0.05, 0) is 70.7 Å². The summed E-state index contributed by atoms with van der Waals surface area (Å²) in [5.74, 6) is 1.00. The highest BCUT2D eigenvalue weighted by Gasteiger charge is 2.41. The van der Waals surface area contributed by atoms with Crippen LogP contribution in [0.25, 0.3) is 5.57 Å². The summed E-state index contributed by atoms with van der Waals surface area (Å²) in [7, 11) is 0. The van der Waals surface area contributed by atoms with E-state index in [-0.39, 0.29) is 5.92 Å². The van der Waals surface area contributed by atoms with Crippen molar-refractivity contribution in [1.29, 1.82) is 0 Å². The smallest absolute Gasteiger partial charge is 0.0201 e. The lowest BCUT2D eigenvalue weighted by Crippen LogP contribution is -2.21. The van der Waals surface area contributed by atoms with E-state index in [1.54, 1.807) is 0 Å². The third-order valence-electron chi connectivity index (χ3n) is 7.95. The molecule has 0 bridgehead atoms. The minimum absolute atomic E-state index is 0.284. The zero-order valence-corrected chi connectivity index (χ0v) is 21.2. The number of hydrogen-bond acceptors (Lipinski definition) is 0. The van der Waals surface area contributed by atoms with Crippen molar-refractivity contribution in [3.63, 3.8) is 0 Å². The molecule has 3 aliphatic rings. The van der Waals surface area contributed by atoms with Crippen molar-refractivity contribution < 1.29 is 0 Å². The first kappa shape index (κ1) is 23.4. The van der Waals surface area contributed by atoms with Crippen LogP contribution in [0.2, 0.25) is 0 Å². The van der Waals surface area contributed by atoms with Crippen LogP contribution in [0.5, 0.6) is 0 Å². The van der Waals surface area contributed by atoms with Gasteiger partial charge in [0.2, 0.25) is 0 Å². The molecule has 0 heterocycles. The van der Waals surface area contributed by atoms with Gasteiger partial charge in [-0.15, -0.1) is 6.58 Å². The summed E-state index contributed by atoms with van der Waals surface area (Å²) in [6.07, 6.45) is 13.4. The van der Waals surface area contributed by atoms with E-state index in [4.69, 9.17) is 6.58 Å². The van der Waals surface area contributed by atoms with Gasteiger partial charge in [0, 0.05) is 17.8 Å². The molecule has 1 fully saturated rings. The minimum atomic E-state index is 0.284. The minimum Gasteiger partial charge on any atom is -0.103 e. The van der Waals surface area contributed by atoms with Crippen LogP contribution in [-0.2, 0) is 0 Å². The van der Waals surface area contributed by atoms with Gasteiger partial charge >= 0.3 is 0 Å². The second-order valence-corrected chi connectivity index (χ2v) is 10.2. The van der Waals surface area contributed by atoms with Crippen LogP contribution < -0.4 is 0 Å². The van der Waals surface area contributed by atoms with E-state index in [0.717, 1.165) is 25.7 Å². The van der Waals surface area contributed by atoms with Gasteiger partial charge in [-0.2, -0.15) is 0 Å². The monoisotopic (exact) mass is 456 g/mol. The van der Waals surface area contributed by atoms with Crippen LogP contribution in [0.4, 0.5) is 0 Å². The molecular formula is C35H36. The highest BCUT2D eigenvalue weighted by atomic mass is 14.4. The lowest BCUT2D eigenvalue weighted by molar-refractivity contribution is 0.619. The van der Waals surface area contributed by atoms with E-state index in [1.807, 2.05) is 6.08 Å². The maximum absolute atomic E-state index is 4.71. The molecule has 0 nitrogen and oxygen atoms in total. The molecule has 2 aromatic rings. The van der Waals surface area contributed by atoms with Crippen molar-refractivity contribution in [1.82, 2.24) is 0 Å². The van der Waals surface area contributed by atoms with Gasteiger partial charge in [0.25, 0.3) is 0 Å². The average Bonchev–Trinajstić information content (AvgIpc) is 3.36. The molecule has 0 saturated heterocycles. The Balaban J connectivity index is 1.56. The largest absolute Gasteiger partial charge is 0.103 e. The molecule has 3 atom stereocenters. The molecule has 0 aromatic heterocycles. The van der Waals surface area contributed by atoms with E-state index in [9.17, 15) is 0 Å². The first-order valence-corrected chi connectivity index (χ1v) is 13.0. The molecule has 0 radical (unpaired) electrons. The van der Waals surface area contributed by atoms with Crippen molar-refractivity contribution in [3.8, 4) is 0 Å². The molecule has 3 aliphatic carbocycles. The molecule has 0 spiro atoms. The lowest BCUT2D eigenvalue weighted by Gasteiger charge is -2.34. The Morgan fingerprint density at radius 3 is 2.51 bits per heavy atom. The fourth-order valence-electron chi connectivity index (χ4n) is 6.46. The SMILES string of the molecule is C=CCC1C=C(C=C2CC3=CC(C)=C(C(=C)CCC)C(c4ccccc4)C3C2=C)c2ccccc21.